The van der Waals surface area contributed by atoms with E-state index in [-0.39, 0.29) is 12.1 Å². The van der Waals surface area contributed by atoms with Crippen molar-refractivity contribution in [1.82, 2.24) is 4.90 Å². The Morgan fingerprint density at radius 3 is 2.43 bits per heavy atom. The van der Waals surface area contributed by atoms with E-state index in [1.807, 2.05) is 18.2 Å². The Balaban J connectivity index is 1.82. The highest BCUT2D eigenvalue weighted by atomic mass is 16.6. The van der Waals surface area contributed by atoms with Gasteiger partial charge in [-0.3, -0.25) is 4.90 Å². The second-order valence-electron chi connectivity index (χ2n) is 6.71. The zero-order valence-corrected chi connectivity index (χ0v) is 14.1. The summed E-state index contributed by atoms with van der Waals surface area (Å²) in [5.41, 5.74) is 3.63. The molecule has 3 nitrogen and oxygen atoms in total. The zero-order valence-electron chi connectivity index (χ0n) is 14.1. The minimum Gasteiger partial charge on any atom is -0.365 e. The van der Waals surface area contributed by atoms with Crippen molar-refractivity contribution in [2.24, 2.45) is 0 Å². The molecule has 1 aliphatic heterocycles. The van der Waals surface area contributed by atoms with E-state index in [1.165, 1.54) is 11.1 Å². The molecule has 3 heteroatoms. The Kier molecular flexibility index (Phi) is 4.53. The Morgan fingerprint density at radius 2 is 1.78 bits per heavy atom. The van der Waals surface area contributed by atoms with Gasteiger partial charge in [-0.1, -0.05) is 60.2 Å². The molecular formula is C20H25NO2. The summed E-state index contributed by atoms with van der Waals surface area (Å²) in [5.74, 6) is -1.14. The molecule has 2 aromatic rings. The lowest BCUT2D eigenvalue weighted by molar-refractivity contribution is -0.263. The number of β-amino-alcohol motifs (C(OH)–C–C–N with tert-alkyl or cyclic N) is 1. The van der Waals surface area contributed by atoms with Crippen LogP contribution in [0.1, 0.15) is 42.7 Å². The SMILES string of the molecule is Cc1ccc(C(C)N2CC(c3ccccc3)OC(C)(O)C2)cc1. The molecule has 0 aliphatic carbocycles. The van der Waals surface area contributed by atoms with E-state index in [1.54, 1.807) is 6.92 Å². The van der Waals surface area contributed by atoms with E-state index in [0.717, 1.165) is 12.1 Å². The van der Waals surface area contributed by atoms with Crippen LogP contribution in [0.4, 0.5) is 0 Å². The van der Waals surface area contributed by atoms with Gasteiger partial charge in [0.1, 0.15) is 0 Å². The minimum absolute atomic E-state index is 0.118. The van der Waals surface area contributed by atoms with E-state index >= 15 is 0 Å². The first-order valence-corrected chi connectivity index (χ1v) is 8.20. The molecule has 122 valence electrons. The Hall–Kier alpha value is -1.68. The smallest absolute Gasteiger partial charge is 0.176 e. The summed E-state index contributed by atoms with van der Waals surface area (Å²) < 4.78 is 5.91. The van der Waals surface area contributed by atoms with Crippen molar-refractivity contribution in [2.75, 3.05) is 13.1 Å². The predicted octanol–water partition coefficient (Wildman–Crippen LogP) is 3.84. The lowest BCUT2D eigenvalue weighted by atomic mass is 10.0. The fraction of sp³-hybridized carbons (Fsp3) is 0.400. The summed E-state index contributed by atoms with van der Waals surface area (Å²) in [4.78, 5) is 2.30. The topological polar surface area (TPSA) is 32.7 Å². The molecule has 1 fully saturated rings. The van der Waals surface area contributed by atoms with E-state index < -0.39 is 5.79 Å². The summed E-state index contributed by atoms with van der Waals surface area (Å²) in [6.07, 6.45) is -0.118. The molecule has 1 N–H and O–H groups in total. The molecule has 0 amide bonds. The van der Waals surface area contributed by atoms with E-state index in [4.69, 9.17) is 4.74 Å². The van der Waals surface area contributed by atoms with Crippen molar-refractivity contribution in [3.8, 4) is 0 Å². The van der Waals surface area contributed by atoms with Gasteiger partial charge in [0.25, 0.3) is 0 Å². The molecular weight excluding hydrogens is 286 g/mol. The van der Waals surface area contributed by atoms with Crippen LogP contribution in [-0.2, 0) is 4.74 Å². The minimum atomic E-state index is -1.14. The number of ether oxygens (including phenoxy) is 1. The van der Waals surface area contributed by atoms with Crippen molar-refractivity contribution in [2.45, 2.75) is 38.7 Å². The lowest BCUT2D eigenvalue weighted by Crippen LogP contribution is -2.51. The number of aliphatic hydroxyl groups is 1. The molecule has 3 unspecified atom stereocenters. The number of nitrogens with zero attached hydrogens (tertiary/aromatic N) is 1. The largest absolute Gasteiger partial charge is 0.365 e. The van der Waals surface area contributed by atoms with Gasteiger partial charge < -0.3 is 9.84 Å². The maximum absolute atomic E-state index is 10.6. The molecule has 1 aliphatic rings. The predicted molar refractivity (Wildman–Crippen MR) is 92.1 cm³/mol. The molecule has 0 spiro atoms. The van der Waals surface area contributed by atoms with E-state index in [0.29, 0.717) is 6.54 Å². The normalized spacial score (nSPS) is 26.9. The molecule has 1 saturated heterocycles. The van der Waals surface area contributed by atoms with E-state index in [9.17, 15) is 5.11 Å². The second-order valence-corrected chi connectivity index (χ2v) is 6.71. The van der Waals surface area contributed by atoms with Gasteiger partial charge in [-0.2, -0.15) is 0 Å². The first-order valence-electron chi connectivity index (χ1n) is 8.20. The molecule has 23 heavy (non-hydrogen) atoms. The molecule has 1 heterocycles. The molecule has 3 atom stereocenters. The molecule has 0 saturated carbocycles. The highest BCUT2D eigenvalue weighted by molar-refractivity contribution is 5.24. The monoisotopic (exact) mass is 311 g/mol. The first kappa shape index (κ1) is 16.2. The molecule has 3 rings (SSSR count). The van der Waals surface area contributed by atoms with Gasteiger partial charge in [0, 0.05) is 12.6 Å². The van der Waals surface area contributed by atoms with Gasteiger partial charge in [-0.05, 0) is 31.9 Å². The summed E-state index contributed by atoms with van der Waals surface area (Å²) >= 11 is 0. The fourth-order valence-electron chi connectivity index (χ4n) is 3.23. The summed E-state index contributed by atoms with van der Waals surface area (Å²) in [7, 11) is 0. The lowest BCUT2D eigenvalue weighted by Gasteiger charge is -2.44. The van der Waals surface area contributed by atoms with Gasteiger partial charge in [0.15, 0.2) is 5.79 Å². The third kappa shape index (κ3) is 3.81. The molecule has 0 radical (unpaired) electrons. The number of hydrogen-bond donors (Lipinski definition) is 1. The van der Waals surface area contributed by atoms with Gasteiger partial charge in [-0.15, -0.1) is 0 Å². The number of aryl methyl sites for hydroxylation is 1. The quantitative estimate of drug-likeness (QED) is 0.935. The van der Waals surface area contributed by atoms with Crippen LogP contribution in [0, 0.1) is 6.92 Å². The van der Waals surface area contributed by atoms with Crippen LogP contribution in [0.15, 0.2) is 54.6 Å². The molecule has 0 bridgehead atoms. The number of hydrogen-bond acceptors (Lipinski definition) is 3. The average molecular weight is 311 g/mol. The number of rotatable bonds is 3. The molecule has 2 aromatic carbocycles. The maximum atomic E-state index is 10.6. The van der Waals surface area contributed by atoms with Crippen LogP contribution in [0.25, 0.3) is 0 Å². The van der Waals surface area contributed by atoms with Crippen LogP contribution in [0.5, 0.6) is 0 Å². The van der Waals surface area contributed by atoms with Crippen LogP contribution in [0.3, 0.4) is 0 Å². The van der Waals surface area contributed by atoms with Crippen molar-refractivity contribution in [3.63, 3.8) is 0 Å². The van der Waals surface area contributed by atoms with Crippen molar-refractivity contribution >= 4 is 0 Å². The number of morpholine rings is 1. The summed E-state index contributed by atoms with van der Waals surface area (Å²) in [6.45, 7) is 7.31. The number of benzene rings is 2. The average Bonchev–Trinajstić information content (AvgIpc) is 2.54. The van der Waals surface area contributed by atoms with Crippen molar-refractivity contribution in [1.29, 1.82) is 0 Å². The standard InChI is InChI=1S/C20H25NO2/c1-15-9-11-17(12-10-15)16(2)21-13-19(23-20(3,22)14-21)18-7-5-4-6-8-18/h4-12,16,19,22H,13-14H2,1-3H3. The Bertz CT molecular complexity index is 636. The highest BCUT2D eigenvalue weighted by Gasteiger charge is 2.37. The van der Waals surface area contributed by atoms with Crippen LogP contribution in [-0.4, -0.2) is 28.9 Å². The van der Waals surface area contributed by atoms with Gasteiger partial charge >= 0.3 is 0 Å². The third-order valence-corrected chi connectivity index (χ3v) is 4.57. The maximum Gasteiger partial charge on any atom is 0.176 e. The van der Waals surface area contributed by atoms with Crippen molar-refractivity contribution in [3.05, 3.63) is 71.3 Å². The summed E-state index contributed by atoms with van der Waals surface area (Å²) in [6, 6.07) is 19.0. The van der Waals surface area contributed by atoms with Gasteiger partial charge in [0.05, 0.1) is 12.6 Å². The van der Waals surface area contributed by atoms with Gasteiger partial charge in [0.2, 0.25) is 0 Å². The fourth-order valence-corrected chi connectivity index (χ4v) is 3.23. The van der Waals surface area contributed by atoms with Gasteiger partial charge in [-0.25, -0.2) is 0 Å². The van der Waals surface area contributed by atoms with Crippen LogP contribution < -0.4 is 0 Å². The third-order valence-electron chi connectivity index (χ3n) is 4.57. The second kappa shape index (κ2) is 6.44. The zero-order chi connectivity index (χ0) is 16.4. The van der Waals surface area contributed by atoms with Crippen LogP contribution >= 0.6 is 0 Å². The van der Waals surface area contributed by atoms with Crippen LogP contribution in [0.2, 0.25) is 0 Å². The first-order chi connectivity index (χ1) is 10.9. The Morgan fingerprint density at radius 1 is 1.13 bits per heavy atom. The highest BCUT2D eigenvalue weighted by Crippen LogP contribution is 2.34. The van der Waals surface area contributed by atoms with Crippen molar-refractivity contribution < 1.29 is 9.84 Å². The summed E-state index contributed by atoms with van der Waals surface area (Å²) in [5, 5.41) is 10.6. The Labute approximate surface area is 138 Å². The molecule has 0 aromatic heterocycles. The van der Waals surface area contributed by atoms with E-state index in [2.05, 4.69) is 55.1 Å².